The van der Waals surface area contributed by atoms with Crippen LogP contribution in [0.15, 0.2) is 24.4 Å². The maximum absolute atomic E-state index is 4.30. The van der Waals surface area contributed by atoms with Crippen molar-refractivity contribution in [2.75, 3.05) is 11.5 Å². The highest BCUT2D eigenvalue weighted by molar-refractivity contribution is 6.80. The molecule has 0 aromatic carbocycles. The quantitative estimate of drug-likeness (QED) is 0.745. The van der Waals surface area contributed by atoms with E-state index in [0.717, 1.165) is 12.0 Å². The minimum atomic E-state index is -1.05. The van der Waals surface area contributed by atoms with Crippen LogP contribution in [0.5, 0.6) is 0 Å². The standard InChI is InChI=1S/C12H22N2Si/c1-4-15(5-2,6-3)11-14-12-9-7-8-10-13-12/h7-10H,4-6,11H2,1-3H3,(H,13,14). The zero-order valence-electron chi connectivity index (χ0n) is 10.1. The lowest BCUT2D eigenvalue weighted by molar-refractivity contribution is 1.11. The molecule has 0 bridgehead atoms. The molecule has 1 aromatic rings. The van der Waals surface area contributed by atoms with Crippen molar-refractivity contribution >= 4 is 13.9 Å². The minimum absolute atomic E-state index is 1.02. The van der Waals surface area contributed by atoms with Gasteiger partial charge in [-0.1, -0.05) is 45.0 Å². The molecule has 0 aliphatic rings. The highest BCUT2D eigenvalue weighted by atomic mass is 28.3. The van der Waals surface area contributed by atoms with Crippen LogP contribution in [0.2, 0.25) is 18.1 Å². The summed E-state index contributed by atoms with van der Waals surface area (Å²) in [5.41, 5.74) is 0. The Hall–Kier alpha value is -0.833. The number of pyridine rings is 1. The largest absolute Gasteiger partial charge is 0.373 e. The van der Waals surface area contributed by atoms with E-state index in [4.69, 9.17) is 0 Å². The van der Waals surface area contributed by atoms with Gasteiger partial charge in [-0.05, 0) is 12.1 Å². The van der Waals surface area contributed by atoms with Gasteiger partial charge in [-0.25, -0.2) is 4.98 Å². The van der Waals surface area contributed by atoms with Crippen LogP contribution in [-0.4, -0.2) is 19.2 Å². The van der Waals surface area contributed by atoms with E-state index in [1.54, 1.807) is 0 Å². The van der Waals surface area contributed by atoms with Crippen LogP contribution < -0.4 is 5.32 Å². The third-order valence-corrected chi connectivity index (χ3v) is 8.99. The number of aromatic nitrogens is 1. The van der Waals surface area contributed by atoms with Crippen LogP contribution in [0.4, 0.5) is 5.82 Å². The van der Waals surface area contributed by atoms with E-state index in [1.807, 2.05) is 24.4 Å². The summed E-state index contributed by atoms with van der Waals surface area (Å²) in [6.07, 6.45) is 3.00. The molecule has 1 aromatic heterocycles. The molecular formula is C12H22N2Si. The Balaban J connectivity index is 2.54. The summed E-state index contributed by atoms with van der Waals surface area (Å²) in [5, 5.41) is 3.49. The molecule has 3 heteroatoms. The van der Waals surface area contributed by atoms with Crippen molar-refractivity contribution in [2.45, 2.75) is 38.9 Å². The van der Waals surface area contributed by atoms with Crippen molar-refractivity contribution in [3.8, 4) is 0 Å². The zero-order valence-corrected chi connectivity index (χ0v) is 11.1. The van der Waals surface area contributed by atoms with Gasteiger partial charge in [-0.3, -0.25) is 0 Å². The molecule has 84 valence electrons. The molecule has 0 saturated carbocycles. The van der Waals surface area contributed by atoms with E-state index in [2.05, 4.69) is 31.1 Å². The van der Waals surface area contributed by atoms with E-state index in [9.17, 15) is 0 Å². The van der Waals surface area contributed by atoms with Crippen LogP contribution in [0.25, 0.3) is 0 Å². The third kappa shape index (κ3) is 3.34. The fourth-order valence-corrected chi connectivity index (χ4v) is 4.68. The van der Waals surface area contributed by atoms with Gasteiger partial charge in [-0.2, -0.15) is 0 Å². The lowest BCUT2D eigenvalue weighted by atomic mass is 10.5. The summed E-state index contributed by atoms with van der Waals surface area (Å²) in [6, 6.07) is 10.1. The van der Waals surface area contributed by atoms with Gasteiger partial charge < -0.3 is 5.32 Å². The fraction of sp³-hybridized carbons (Fsp3) is 0.583. The van der Waals surface area contributed by atoms with Crippen LogP contribution in [-0.2, 0) is 0 Å². The van der Waals surface area contributed by atoms with Gasteiger partial charge >= 0.3 is 0 Å². The molecule has 2 nitrogen and oxygen atoms in total. The van der Waals surface area contributed by atoms with Crippen molar-refractivity contribution in [3.05, 3.63) is 24.4 Å². The summed E-state index contributed by atoms with van der Waals surface area (Å²) in [6.45, 7) is 7.00. The molecular weight excluding hydrogens is 200 g/mol. The smallest absolute Gasteiger partial charge is 0.125 e. The fourth-order valence-electron chi connectivity index (χ4n) is 1.87. The van der Waals surface area contributed by atoms with E-state index < -0.39 is 8.07 Å². The van der Waals surface area contributed by atoms with E-state index in [1.165, 1.54) is 18.1 Å². The first kappa shape index (κ1) is 12.2. The lowest BCUT2D eigenvalue weighted by Crippen LogP contribution is -2.40. The van der Waals surface area contributed by atoms with Crippen LogP contribution in [0, 0.1) is 0 Å². The molecule has 1 N–H and O–H groups in total. The van der Waals surface area contributed by atoms with Gasteiger partial charge in [0.05, 0.1) is 8.07 Å². The van der Waals surface area contributed by atoms with Crippen LogP contribution in [0.3, 0.4) is 0 Å². The first-order valence-electron chi connectivity index (χ1n) is 5.91. The first-order chi connectivity index (χ1) is 7.26. The first-order valence-corrected chi connectivity index (χ1v) is 8.74. The van der Waals surface area contributed by atoms with Gasteiger partial charge in [0.25, 0.3) is 0 Å². The average Bonchev–Trinajstić information content (AvgIpc) is 2.33. The maximum Gasteiger partial charge on any atom is 0.125 e. The molecule has 0 unspecified atom stereocenters. The highest BCUT2D eigenvalue weighted by Crippen LogP contribution is 2.20. The van der Waals surface area contributed by atoms with Crippen molar-refractivity contribution < 1.29 is 0 Å². The molecule has 15 heavy (non-hydrogen) atoms. The number of nitrogens with one attached hydrogen (secondary N) is 1. The topological polar surface area (TPSA) is 24.9 Å². The molecule has 1 rings (SSSR count). The molecule has 1 heterocycles. The Morgan fingerprint density at radius 2 is 1.80 bits per heavy atom. The minimum Gasteiger partial charge on any atom is -0.373 e. The normalized spacial score (nSPS) is 11.4. The highest BCUT2D eigenvalue weighted by Gasteiger charge is 2.26. The van der Waals surface area contributed by atoms with Crippen molar-refractivity contribution in [2.24, 2.45) is 0 Å². The number of hydrogen-bond acceptors (Lipinski definition) is 2. The summed E-state index contributed by atoms with van der Waals surface area (Å²) >= 11 is 0. The van der Waals surface area contributed by atoms with Gasteiger partial charge in [0.15, 0.2) is 0 Å². The predicted molar refractivity (Wildman–Crippen MR) is 69.9 cm³/mol. The number of rotatable bonds is 6. The van der Waals surface area contributed by atoms with Crippen molar-refractivity contribution in [3.63, 3.8) is 0 Å². The Morgan fingerprint density at radius 1 is 1.13 bits per heavy atom. The van der Waals surface area contributed by atoms with Gasteiger partial charge in [0.2, 0.25) is 0 Å². The second kappa shape index (κ2) is 5.91. The molecule has 0 fully saturated rings. The molecule has 0 spiro atoms. The third-order valence-electron chi connectivity index (χ3n) is 3.56. The summed E-state index contributed by atoms with van der Waals surface area (Å²) in [5.74, 6) is 1.02. The molecule has 0 radical (unpaired) electrons. The average molecular weight is 222 g/mol. The molecule has 0 amide bonds. The van der Waals surface area contributed by atoms with Crippen LogP contribution in [0.1, 0.15) is 20.8 Å². The van der Waals surface area contributed by atoms with Gasteiger partial charge in [0.1, 0.15) is 5.82 Å². The van der Waals surface area contributed by atoms with E-state index in [0.29, 0.717) is 0 Å². The Morgan fingerprint density at radius 3 is 2.27 bits per heavy atom. The maximum atomic E-state index is 4.30. The van der Waals surface area contributed by atoms with E-state index >= 15 is 0 Å². The zero-order chi connectivity index (χ0) is 11.1. The SMILES string of the molecule is CC[Si](CC)(CC)CNc1ccccn1. The van der Waals surface area contributed by atoms with Gasteiger partial charge in [0, 0.05) is 12.4 Å². The summed E-state index contributed by atoms with van der Waals surface area (Å²) in [7, 11) is -1.05. The summed E-state index contributed by atoms with van der Waals surface area (Å²) in [4.78, 5) is 4.30. The number of nitrogens with zero attached hydrogens (tertiary/aromatic N) is 1. The molecule has 0 aliphatic carbocycles. The van der Waals surface area contributed by atoms with E-state index in [-0.39, 0.29) is 0 Å². The number of hydrogen-bond donors (Lipinski definition) is 1. The second-order valence-corrected chi connectivity index (χ2v) is 9.60. The second-order valence-electron chi connectivity index (χ2n) is 4.13. The van der Waals surface area contributed by atoms with Gasteiger partial charge in [-0.15, -0.1) is 0 Å². The number of anilines is 1. The molecule has 0 atom stereocenters. The monoisotopic (exact) mass is 222 g/mol. The molecule has 0 saturated heterocycles. The lowest BCUT2D eigenvalue weighted by Gasteiger charge is -2.28. The van der Waals surface area contributed by atoms with Crippen LogP contribution >= 0.6 is 0 Å². The Bertz CT molecular complexity index is 262. The summed E-state index contributed by atoms with van der Waals surface area (Å²) < 4.78 is 0. The van der Waals surface area contributed by atoms with Crippen molar-refractivity contribution in [1.82, 2.24) is 4.98 Å². The Labute approximate surface area is 94.1 Å². The molecule has 0 aliphatic heterocycles. The predicted octanol–water partition coefficient (Wildman–Crippen LogP) is 3.54. The Kier molecular flexibility index (Phi) is 4.82. The van der Waals surface area contributed by atoms with Crippen molar-refractivity contribution in [1.29, 1.82) is 0 Å².